The summed E-state index contributed by atoms with van der Waals surface area (Å²) >= 11 is 0. The van der Waals surface area contributed by atoms with Crippen LogP contribution in [0.2, 0.25) is 0 Å². The lowest BCUT2D eigenvalue weighted by molar-refractivity contribution is -0.138. The number of terminal acetylenes is 1. The van der Waals surface area contributed by atoms with Gasteiger partial charge in [0.25, 0.3) is 0 Å². The second-order valence-electron chi connectivity index (χ2n) is 3.59. The molecule has 0 atom stereocenters. The van der Waals surface area contributed by atoms with Crippen LogP contribution in [0.25, 0.3) is 0 Å². The van der Waals surface area contributed by atoms with E-state index in [1.807, 2.05) is 17.2 Å². The van der Waals surface area contributed by atoms with E-state index in [0.717, 1.165) is 5.57 Å². The Morgan fingerprint density at radius 3 is 3.24 bits per heavy atom. The third-order valence-electron chi connectivity index (χ3n) is 2.47. The zero-order chi connectivity index (χ0) is 12.3. The van der Waals surface area contributed by atoms with Crippen LogP contribution in [0, 0.1) is 12.3 Å². The number of esters is 1. The number of fused-ring (bicyclic) bond motifs is 1. The fourth-order valence-electron chi connectivity index (χ4n) is 1.70. The van der Waals surface area contributed by atoms with Crippen LogP contribution in [0.1, 0.15) is 6.92 Å². The number of ether oxygens (including phenoxy) is 2. The van der Waals surface area contributed by atoms with Gasteiger partial charge in [0.15, 0.2) is 0 Å². The summed E-state index contributed by atoms with van der Waals surface area (Å²) < 4.78 is 10.4. The molecule has 88 valence electrons. The van der Waals surface area contributed by atoms with E-state index in [0.29, 0.717) is 24.5 Å². The number of hydrogen-bond acceptors (Lipinski definition) is 4. The molecule has 2 rings (SSSR count). The standard InChI is InChI=1S/C13H13NO3/c1-3-6-14-7-5-10-11(13(15)16-4-2)9-17-12(10)8-14/h1,5,7-8H,4,6,9H2,2H3. The second kappa shape index (κ2) is 4.79. The van der Waals surface area contributed by atoms with E-state index in [1.165, 1.54) is 0 Å². The van der Waals surface area contributed by atoms with Gasteiger partial charge in [0, 0.05) is 18.0 Å². The third kappa shape index (κ3) is 2.18. The van der Waals surface area contributed by atoms with Gasteiger partial charge in [-0.25, -0.2) is 4.79 Å². The predicted octanol–water partition coefficient (Wildman–Crippen LogP) is 1.18. The van der Waals surface area contributed by atoms with Gasteiger partial charge in [0.05, 0.1) is 18.7 Å². The van der Waals surface area contributed by atoms with E-state index in [-0.39, 0.29) is 12.6 Å². The molecule has 4 nitrogen and oxygen atoms in total. The van der Waals surface area contributed by atoms with Crippen molar-refractivity contribution in [3.05, 3.63) is 35.4 Å². The maximum Gasteiger partial charge on any atom is 0.338 e. The first-order valence-corrected chi connectivity index (χ1v) is 5.39. The highest BCUT2D eigenvalue weighted by molar-refractivity contribution is 5.92. The van der Waals surface area contributed by atoms with Crippen molar-refractivity contribution >= 4 is 5.97 Å². The summed E-state index contributed by atoms with van der Waals surface area (Å²) in [5, 5.41) is 0. The monoisotopic (exact) mass is 231 g/mol. The van der Waals surface area contributed by atoms with E-state index in [4.69, 9.17) is 15.9 Å². The zero-order valence-electron chi connectivity index (χ0n) is 9.60. The molecule has 0 amide bonds. The van der Waals surface area contributed by atoms with Crippen LogP contribution >= 0.6 is 0 Å². The molecule has 0 aliphatic carbocycles. The molecular weight excluding hydrogens is 218 g/mol. The minimum Gasteiger partial charge on any atom is -0.486 e. The molecule has 4 heteroatoms. The Labute approximate surface area is 100 Å². The van der Waals surface area contributed by atoms with E-state index in [2.05, 4.69) is 5.92 Å². The molecule has 0 unspecified atom stereocenters. The van der Waals surface area contributed by atoms with E-state index in [9.17, 15) is 4.79 Å². The van der Waals surface area contributed by atoms with Gasteiger partial charge in [-0.1, -0.05) is 5.92 Å². The molecule has 17 heavy (non-hydrogen) atoms. The van der Waals surface area contributed by atoms with Crippen molar-refractivity contribution in [2.45, 2.75) is 6.92 Å². The average molecular weight is 231 g/mol. The SMILES string of the molecule is C#CCN1C=CC2=C(C(=O)OCC)COC2=C1. The van der Waals surface area contributed by atoms with E-state index >= 15 is 0 Å². The van der Waals surface area contributed by atoms with Gasteiger partial charge in [0.2, 0.25) is 0 Å². The van der Waals surface area contributed by atoms with Crippen molar-refractivity contribution in [1.82, 2.24) is 4.90 Å². The second-order valence-corrected chi connectivity index (χ2v) is 3.59. The van der Waals surface area contributed by atoms with Crippen LogP contribution in [0.3, 0.4) is 0 Å². The highest BCUT2D eigenvalue weighted by Crippen LogP contribution is 2.30. The van der Waals surface area contributed by atoms with Crippen LogP contribution in [0.15, 0.2) is 35.4 Å². The zero-order valence-corrected chi connectivity index (χ0v) is 9.60. The lowest BCUT2D eigenvalue weighted by atomic mass is 10.1. The van der Waals surface area contributed by atoms with Gasteiger partial charge in [-0.2, -0.15) is 0 Å². The van der Waals surface area contributed by atoms with Crippen LogP contribution in [0.4, 0.5) is 0 Å². The van der Waals surface area contributed by atoms with Crippen LogP contribution in [0.5, 0.6) is 0 Å². The Kier molecular flexibility index (Phi) is 3.20. The van der Waals surface area contributed by atoms with E-state index < -0.39 is 0 Å². The Balaban J connectivity index is 2.21. The number of hydrogen-bond donors (Lipinski definition) is 0. The lowest BCUT2D eigenvalue weighted by Gasteiger charge is -2.17. The van der Waals surface area contributed by atoms with Crippen LogP contribution < -0.4 is 0 Å². The van der Waals surface area contributed by atoms with Gasteiger partial charge >= 0.3 is 5.97 Å². The molecule has 0 aromatic rings. The van der Waals surface area contributed by atoms with Crippen LogP contribution in [-0.2, 0) is 14.3 Å². The molecule has 0 saturated heterocycles. The number of carbonyl (C=O) groups excluding carboxylic acids is 1. The smallest absolute Gasteiger partial charge is 0.338 e. The molecule has 0 aromatic heterocycles. The fourth-order valence-corrected chi connectivity index (χ4v) is 1.70. The molecule has 0 spiro atoms. The summed E-state index contributed by atoms with van der Waals surface area (Å²) in [5.74, 6) is 2.89. The first-order chi connectivity index (χ1) is 8.26. The molecule has 0 N–H and O–H groups in total. The van der Waals surface area contributed by atoms with Gasteiger partial charge in [0.1, 0.15) is 12.4 Å². The highest BCUT2D eigenvalue weighted by Gasteiger charge is 2.27. The molecule has 0 aromatic carbocycles. The topological polar surface area (TPSA) is 38.8 Å². The normalized spacial score (nSPS) is 17.2. The van der Waals surface area contributed by atoms with Crippen molar-refractivity contribution in [2.24, 2.45) is 0 Å². The van der Waals surface area contributed by atoms with Crippen molar-refractivity contribution in [3.63, 3.8) is 0 Å². The maximum absolute atomic E-state index is 11.6. The fraction of sp³-hybridized carbons (Fsp3) is 0.308. The quantitative estimate of drug-likeness (QED) is 0.540. The minimum atomic E-state index is -0.319. The molecule has 2 aliphatic rings. The molecular formula is C13H13NO3. The third-order valence-corrected chi connectivity index (χ3v) is 2.47. The largest absolute Gasteiger partial charge is 0.486 e. The predicted molar refractivity (Wildman–Crippen MR) is 62.4 cm³/mol. The molecule has 0 saturated carbocycles. The van der Waals surface area contributed by atoms with Gasteiger partial charge in [-0.3, -0.25) is 0 Å². The van der Waals surface area contributed by atoms with Gasteiger partial charge < -0.3 is 14.4 Å². The van der Waals surface area contributed by atoms with Crippen molar-refractivity contribution in [2.75, 3.05) is 19.8 Å². The Morgan fingerprint density at radius 2 is 2.53 bits per heavy atom. The van der Waals surface area contributed by atoms with Crippen molar-refractivity contribution < 1.29 is 14.3 Å². The van der Waals surface area contributed by atoms with Gasteiger partial charge in [-0.05, 0) is 13.0 Å². The summed E-state index contributed by atoms with van der Waals surface area (Å²) in [6, 6.07) is 0. The highest BCUT2D eigenvalue weighted by atomic mass is 16.5. The summed E-state index contributed by atoms with van der Waals surface area (Å²) in [4.78, 5) is 13.5. The molecule has 0 fully saturated rings. The lowest BCUT2D eigenvalue weighted by Crippen LogP contribution is -2.14. The minimum absolute atomic E-state index is 0.258. The summed E-state index contributed by atoms with van der Waals surface area (Å²) in [6.07, 6.45) is 10.7. The number of rotatable bonds is 3. The van der Waals surface area contributed by atoms with Crippen molar-refractivity contribution in [3.8, 4) is 12.3 Å². The summed E-state index contributed by atoms with van der Waals surface area (Å²) in [6.45, 7) is 2.88. The van der Waals surface area contributed by atoms with Gasteiger partial charge in [-0.15, -0.1) is 6.42 Å². The molecule has 0 radical (unpaired) electrons. The first kappa shape index (κ1) is 11.3. The molecule has 2 heterocycles. The Hall–Kier alpha value is -2.15. The number of allylic oxidation sites excluding steroid dienone is 1. The van der Waals surface area contributed by atoms with Crippen molar-refractivity contribution in [1.29, 1.82) is 0 Å². The summed E-state index contributed by atoms with van der Waals surface area (Å²) in [7, 11) is 0. The maximum atomic E-state index is 11.6. The number of carbonyl (C=O) groups is 1. The molecule has 0 bridgehead atoms. The van der Waals surface area contributed by atoms with E-state index in [1.54, 1.807) is 13.1 Å². The Morgan fingerprint density at radius 1 is 1.71 bits per heavy atom. The molecule has 2 aliphatic heterocycles. The Bertz CT molecular complexity index is 466. The average Bonchev–Trinajstić information content (AvgIpc) is 2.73. The summed E-state index contributed by atoms with van der Waals surface area (Å²) in [5.41, 5.74) is 1.35. The van der Waals surface area contributed by atoms with Crippen LogP contribution in [-0.4, -0.2) is 30.6 Å². The number of nitrogens with zero attached hydrogens (tertiary/aromatic N) is 1. The first-order valence-electron chi connectivity index (χ1n) is 5.39.